The van der Waals surface area contributed by atoms with Crippen molar-refractivity contribution in [3.8, 4) is 5.75 Å². The van der Waals surface area contributed by atoms with Crippen LogP contribution in [0, 0.1) is 7.14 Å². The predicted molar refractivity (Wildman–Crippen MR) is 77.7 cm³/mol. The normalized spacial score (nSPS) is 20.2. The van der Waals surface area contributed by atoms with Gasteiger partial charge in [0.25, 0.3) is 0 Å². The zero-order valence-corrected chi connectivity index (χ0v) is 14.2. The third kappa shape index (κ3) is 2.72. The number of cyclic esters (lactones) is 1. The summed E-state index contributed by atoms with van der Waals surface area (Å²) in [5, 5.41) is 0. The number of carbonyl (C=O) groups is 1. The number of ether oxygens (including phenoxy) is 2. The number of benzene rings is 2. The van der Waals surface area contributed by atoms with E-state index < -0.39 is 6.10 Å². The van der Waals surface area contributed by atoms with Crippen molar-refractivity contribution in [2.45, 2.75) is 25.4 Å². The molecule has 0 amide bonds. The number of carbonyl (C=O) groups excluding carboxylic acids is 1. The van der Waals surface area contributed by atoms with Crippen molar-refractivity contribution < 1.29 is 35.5 Å². The summed E-state index contributed by atoms with van der Waals surface area (Å²) in [7, 11) is 0. The van der Waals surface area contributed by atoms with Crippen LogP contribution in [-0.2, 0) is 16.0 Å². The molecule has 0 N–H and O–H groups in total. The zero-order chi connectivity index (χ0) is 14.9. The Hall–Kier alpha value is -1.56. The van der Waals surface area contributed by atoms with Gasteiger partial charge in [-0.2, -0.15) is 0 Å². The average molecular weight is 407 g/mol. The first kappa shape index (κ1) is 14.1. The van der Waals surface area contributed by atoms with Gasteiger partial charge in [0, 0.05) is 0 Å². The predicted octanol–water partition coefficient (Wildman–Crippen LogP) is -0.196. The molecule has 4 rings (SSSR count). The van der Waals surface area contributed by atoms with Gasteiger partial charge >= 0.3 is 140 Å². The second-order valence-corrected chi connectivity index (χ2v) is 8.40. The molecule has 2 heterocycles. The molecular weight excluding hydrogens is 391 g/mol. The summed E-state index contributed by atoms with van der Waals surface area (Å²) in [6.07, 6.45) is 2.13. The van der Waals surface area contributed by atoms with Crippen LogP contribution in [-0.4, -0.2) is 18.7 Å². The quantitative estimate of drug-likeness (QED) is 0.437. The van der Waals surface area contributed by atoms with Crippen molar-refractivity contribution in [1.29, 1.82) is 0 Å². The summed E-state index contributed by atoms with van der Waals surface area (Å²) in [5.41, 5.74) is 2.77. The number of fused-ring (bicyclic) bond motifs is 2. The van der Waals surface area contributed by atoms with E-state index in [9.17, 15) is 4.79 Å². The number of esters is 1. The maximum absolute atomic E-state index is 11.7. The van der Waals surface area contributed by atoms with Crippen LogP contribution in [0.25, 0.3) is 0 Å². The molecule has 2 aromatic rings. The summed E-state index contributed by atoms with van der Waals surface area (Å²) in [6.45, 7) is 0.518. The molecule has 2 aromatic carbocycles. The van der Waals surface area contributed by atoms with E-state index in [0.29, 0.717) is 6.61 Å². The molecule has 0 radical (unpaired) electrons. The second-order valence-electron chi connectivity index (χ2n) is 5.53. The molecule has 1 atom stereocenters. The molecule has 0 saturated carbocycles. The van der Waals surface area contributed by atoms with Crippen molar-refractivity contribution in [1.82, 2.24) is 0 Å². The van der Waals surface area contributed by atoms with Gasteiger partial charge < -0.3 is 0 Å². The van der Waals surface area contributed by atoms with Crippen LogP contribution in [0.3, 0.4) is 0 Å². The Bertz CT molecular complexity index is 726. The summed E-state index contributed by atoms with van der Waals surface area (Å²) in [6, 6.07) is 14.9. The fraction of sp³-hybridized carbons (Fsp3) is 0.278. The summed E-state index contributed by atoms with van der Waals surface area (Å²) >= 11 is -0.114. The first-order valence-corrected chi connectivity index (χ1v) is 9.64. The van der Waals surface area contributed by atoms with Crippen LogP contribution >= 0.6 is 0 Å². The van der Waals surface area contributed by atoms with Crippen LogP contribution < -0.4 is 25.9 Å². The molecule has 2 aliphatic rings. The molecule has 0 spiro atoms. The van der Waals surface area contributed by atoms with Gasteiger partial charge in [0.2, 0.25) is 0 Å². The summed E-state index contributed by atoms with van der Waals surface area (Å²) in [5.74, 6) is 0.549. The molecule has 0 bridgehead atoms. The Morgan fingerprint density at radius 3 is 2.86 bits per heavy atom. The first-order valence-electron chi connectivity index (χ1n) is 7.48. The second kappa shape index (κ2) is 5.91. The Kier molecular flexibility index (Phi) is 3.78. The van der Waals surface area contributed by atoms with E-state index >= 15 is 0 Å². The fourth-order valence-corrected chi connectivity index (χ4v) is 5.61. The van der Waals surface area contributed by atoms with Crippen LogP contribution in [0.5, 0.6) is 5.75 Å². The molecule has 22 heavy (non-hydrogen) atoms. The molecule has 114 valence electrons. The van der Waals surface area contributed by atoms with Gasteiger partial charge in [0.15, 0.2) is 0 Å². The topological polar surface area (TPSA) is 35.5 Å². The molecule has 0 aromatic heterocycles. The van der Waals surface area contributed by atoms with E-state index in [1.807, 2.05) is 6.07 Å². The number of halogens is 1. The van der Waals surface area contributed by atoms with E-state index in [2.05, 4.69) is 36.4 Å². The number of hydrogen-bond donors (Lipinski definition) is 0. The van der Waals surface area contributed by atoms with Crippen LogP contribution in [0.15, 0.2) is 42.5 Å². The summed E-state index contributed by atoms with van der Waals surface area (Å²) in [4.78, 5) is 11.7. The van der Waals surface area contributed by atoms with Crippen molar-refractivity contribution in [3.63, 3.8) is 0 Å². The van der Waals surface area contributed by atoms with E-state index in [1.54, 1.807) is 0 Å². The third-order valence-corrected chi connectivity index (χ3v) is 7.22. The SMILES string of the molecule is O=C1OCCCC1Oc1ccc2c(c1)Cc1ccccc1[I-]2. The summed E-state index contributed by atoms with van der Waals surface area (Å²) < 4.78 is 13.9. The van der Waals surface area contributed by atoms with Crippen molar-refractivity contribution in [2.24, 2.45) is 0 Å². The third-order valence-electron chi connectivity index (χ3n) is 3.96. The molecule has 1 unspecified atom stereocenters. The van der Waals surface area contributed by atoms with Gasteiger partial charge in [-0.05, 0) is 0 Å². The Morgan fingerprint density at radius 2 is 1.95 bits per heavy atom. The van der Waals surface area contributed by atoms with Crippen molar-refractivity contribution in [3.05, 3.63) is 60.7 Å². The molecular formula is C18H16IO3-. The molecule has 2 aliphatic heterocycles. The Morgan fingerprint density at radius 1 is 1.09 bits per heavy atom. The van der Waals surface area contributed by atoms with E-state index in [1.165, 1.54) is 18.3 Å². The minimum absolute atomic E-state index is 0.114. The van der Waals surface area contributed by atoms with Gasteiger partial charge in [-0.3, -0.25) is 0 Å². The zero-order valence-electron chi connectivity index (χ0n) is 12.0. The molecule has 1 saturated heterocycles. The van der Waals surface area contributed by atoms with Gasteiger partial charge in [-0.15, -0.1) is 0 Å². The van der Waals surface area contributed by atoms with Gasteiger partial charge in [0.1, 0.15) is 0 Å². The van der Waals surface area contributed by atoms with E-state index in [4.69, 9.17) is 9.47 Å². The van der Waals surface area contributed by atoms with Crippen molar-refractivity contribution in [2.75, 3.05) is 6.61 Å². The Labute approximate surface area is 139 Å². The van der Waals surface area contributed by atoms with Crippen LogP contribution in [0.1, 0.15) is 24.0 Å². The molecule has 4 heteroatoms. The minimum atomic E-state index is -0.447. The number of hydrogen-bond acceptors (Lipinski definition) is 3. The van der Waals surface area contributed by atoms with Gasteiger partial charge in [-0.1, -0.05) is 0 Å². The standard InChI is InChI=1S/C18H16IO3/c20-18-17(6-3-9-21-18)22-14-7-8-16-13(11-14)10-12-4-1-2-5-15(12)19-16/h1-2,4-5,7-8,11,17H,3,6,9-10H2/q-1. The molecule has 1 fully saturated rings. The van der Waals surface area contributed by atoms with E-state index in [-0.39, 0.29) is 27.2 Å². The molecule has 0 aliphatic carbocycles. The maximum atomic E-state index is 11.7. The van der Waals surface area contributed by atoms with Crippen molar-refractivity contribution >= 4 is 5.97 Å². The van der Waals surface area contributed by atoms with Crippen LogP contribution in [0.2, 0.25) is 0 Å². The Balaban J connectivity index is 1.56. The monoisotopic (exact) mass is 407 g/mol. The van der Waals surface area contributed by atoms with Gasteiger partial charge in [0.05, 0.1) is 0 Å². The first-order chi connectivity index (χ1) is 10.8. The van der Waals surface area contributed by atoms with Gasteiger partial charge in [-0.25, -0.2) is 0 Å². The fourth-order valence-electron chi connectivity index (χ4n) is 2.82. The van der Waals surface area contributed by atoms with E-state index in [0.717, 1.165) is 25.0 Å². The number of rotatable bonds is 2. The molecule has 3 nitrogen and oxygen atoms in total. The van der Waals surface area contributed by atoms with Crippen LogP contribution in [0.4, 0.5) is 0 Å². The average Bonchev–Trinajstić information content (AvgIpc) is 2.55.